The maximum atomic E-state index is 11.8. The fourth-order valence-corrected chi connectivity index (χ4v) is 3.57. The van der Waals surface area contributed by atoms with Gasteiger partial charge in [-0.25, -0.2) is 4.98 Å². The van der Waals surface area contributed by atoms with E-state index in [0.717, 1.165) is 29.5 Å². The molecule has 1 amide bonds. The van der Waals surface area contributed by atoms with Crippen molar-refractivity contribution in [1.82, 2.24) is 15.6 Å². The molecule has 2 N–H and O–H groups in total. The number of aromatic nitrogens is 1. The van der Waals surface area contributed by atoms with Crippen LogP contribution in [0.3, 0.4) is 0 Å². The van der Waals surface area contributed by atoms with Gasteiger partial charge in [-0.2, -0.15) is 11.8 Å². The quantitative estimate of drug-likeness (QED) is 0.848. The Bertz CT molecular complexity index is 398. The number of thiazole rings is 1. The minimum atomic E-state index is 0. The number of carbonyl (C=O) groups excluding carboxylic acids is 1. The second kappa shape index (κ2) is 10.7. The molecular weight excluding hydrogens is 337 g/mol. The lowest BCUT2D eigenvalue weighted by molar-refractivity contribution is -0.121. The number of carbonyl (C=O) groups is 1. The molecule has 4 nitrogen and oxygen atoms in total. The fourth-order valence-electron chi connectivity index (χ4n) is 1.81. The molecule has 1 atom stereocenters. The number of amides is 1. The van der Waals surface area contributed by atoms with Crippen LogP contribution < -0.4 is 10.6 Å². The Morgan fingerprint density at radius 2 is 2.35 bits per heavy atom. The third kappa shape index (κ3) is 6.63. The minimum Gasteiger partial charge on any atom is -0.350 e. The van der Waals surface area contributed by atoms with Gasteiger partial charge in [-0.15, -0.1) is 36.2 Å². The molecule has 1 aliphatic heterocycles. The van der Waals surface area contributed by atoms with Crippen molar-refractivity contribution in [3.63, 3.8) is 0 Å². The van der Waals surface area contributed by atoms with Crippen LogP contribution in [-0.2, 0) is 17.8 Å². The summed E-state index contributed by atoms with van der Waals surface area (Å²) in [5, 5.41) is 7.30. The summed E-state index contributed by atoms with van der Waals surface area (Å²) in [6, 6.07) is 0.325. The molecule has 0 bridgehead atoms. The van der Waals surface area contributed by atoms with Gasteiger partial charge in [0.25, 0.3) is 0 Å². The zero-order valence-corrected chi connectivity index (χ0v) is 14.7. The summed E-state index contributed by atoms with van der Waals surface area (Å²) < 4.78 is 0. The van der Waals surface area contributed by atoms with E-state index in [0.29, 0.717) is 19.0 Å². The number of thioether (sulfide) groups is 1. The molecule has 1 aliphatic rings. The molecule has 0 aliphatic carbocycles. The number of hydrogen-bond acceptors (Lipinski definition) is 5. The second-order valence-corrected chi connectivity index (χ2v) is 6.63. The van der Waals surface area contributed by atoms with Crippen molar-refractivity contribution in [3.05, 3.63) is 16.1 Å². The SMILES string of the molecule is CCc1cnc(CNC(=O)CC2CSCCN2)s1.Cl.Cl. The molecule has 116 valence electrons. The van der Waals surface area contributed by atoms with Crippen LogP contribution in [0.4, 0.5) is 0 Å². The lowest BCUT2D eigenvalue weighted by Crippen LogP contribution is -2.41. The number of rotatable bonds is 5. The van der Waals surface area contributed by atoms with Crippen molar-refractivity contribution in [3.8, 4) is 0 Å². The molecule has 2 rings (SSSR count). The van der Waals surface area contributed by atoms with Gasteiger partial charge in [-0.3, -0.25) is 4.79 Å². The Labute approximate surface area is 140 Å². The number of halogens is 2. The molecule has 20 heavy (non-hydrogen) atoms. The van der Waals surface area contributed by atoms with E-state index in [1.807, 2.05) is 18.0 Å². The van der Waals surface area contributed by atoms with Gasteiger partial charge in [-0.05, 0) is 6.42 Å². The van der Waals surface area contributed by atoms with E-state index in [4.69, 9.17) is 0 Å². The van der Waals surface area contributed by atoms with E-state index < -0.39 is 0 Å². The number of nitrogens with one attached hydrogen (secondary N) is 2. The molecule has 1 unspecified atom stereocenters. The summed E-state index contributed by atoms with van der Waals surface area (Å²) in [7, 11) is 0. The third-order valence-corrected chi connectivity index (χ3v) is 5.09. The summed E-state index contributed by atoms with van der Waals surface area (Å²) in [4.78, 5) is 17.3. The van der Waals surface area contributed by atoms with Gasteiger partial charge in [0.1, 0.15) is 5.01 Å². The first-order valence-corrected chi connectivity index (χ1v) is 8.26. The van der Waals surface area contributed by atoms with Crippen LogP contribution in [-0.4, -0.2) is 35.0 Å². The molecule has 2 heterocycles. The summed E-state index contributed by atoms with van der Waals surface area (Å²) in [5.41, 5.74) is 0. The molecule has 0 saturated carbocycles. The van der Waals surface area contributed by atoms with E-state index in [1.165, 1.54) is 4.88 Å². The lowest BCUT2D eigenvalue weighted by atomic mass is 10.2. The average Bonchev–Trinajstić information content (AvgIpc) is 2.85. The van der Waals surface area contributed by atoms with Crippen molar-refractivity contribution >= 4 is 53.8 Å². The van der Waals surface area contributed by atoms with Gasteiger partial charge in [0.05, 0.1) is 6.54 Å². The van der Waals surface area contributed by atoms with Crippen LogP contribution in [0.15, 0.2) is 6.20 Å². The average molecular weight is 358 g/mol. The summed E-state index contributed by atoms with van der Waals surface area (Å²) >= 11 is 3.59. The van der Waals surface area contributed by atoms with E-state index in [9.17, 15) is 4.79 Å². The van der Waals surface area contributed by atoms with Crippen LogP contribution in [0.25, 0.3) is 0 Å². The van der Waals surface area contributed by atoms with E-state index in [1.54, 1.807) is 11.3 Å². The first kappa shape index (κ1) is 20.0. The highest BCUT2D eigenvalue weighted by atomic mass is 35.5. The van der Waals surface area contributed by atoms with Gasteiger partial charge in [-0.1, -0.05) is 6.92 Å². The van der Waals surface area contributed by atoms with Crippen molar-refractivity contribution < 1.29 is 4.79 Å². The highest BCUT2D eigenvalue weighted by molar-refractivity contribution is 7.99. The Kier molecular flexibility index (Phi) is 10.7. The fraction of sp³-hybridized carbons (Fsp3) is 0.667. The van der Waals surface area contributed by atoms with Crippen LogP contribution in [0, 0.1) is 0 Å². The van der Waals surface area contributed by atoms with E-state index >= 15 is 0 Å². The smallest absolute Gasteiger partial charge is 0.221 e. The van der Waals surface area contributed by atoms with Crippen LogP contribution >= 0.6 is 47.9 Å². The minimum absolute atomic E-state index is 0. The number of nitrogens with zero attached hydrogens (tertiary/aromatic N) is 1. The first-order chi connectivity index (χ1) is 8.78. The monoisotopic (exact) mass is 357 g/mol. The van der Waals surface area contributed by atoms with Gasteiger partial charge in [0, 0.05) is 41.6 Å². The molecule has 1 aromatic heterocycles. The highest BCUT2D eigenvalue weighted by Crippen LogP contribution is 2.13. The summed E-state index contributed by atoms with van der Waals surface area (Å²) in [6.45, 7) is 3.68. The predicted molar refractivity (Wildman–Crippen MR) is 91.6 cm³/mol. The van der Waals surface area contributed by atoms with Gasteiger partial charge in [0.15, 0.2) is 0 Å². The van der Waals surface area contributed by atoms with E-state index in [-0.39, 0.29) is 30.7 Å². The second-order valence-electron chi connectivity index (χ2n) is 4.28. The van der Waals surface area contributed by atoms with Crippen molar-refractivity contribution in [2.75, 3.05) is 18.1 Å². The van der Waals surface area contributed by atoms with Gasteiger partial charge >= 0.3 is 0 Å². The van der Waals surface area contributed by atoms with Crippen LogP contribution in [0.1, 0.15) is 23.2 Å². The highest BCUT2D eigenvalue weighted by Gasteiger charge is 2.16. The van der Waals surface area contributed by atoms with Crippen LogP contribution in [0.5, 0.6) is 0 Å². The van der Waals surface area contributed by atoms with Gasteiger partial charge < -0.3 is 10.6 Å². The van der Waals surface area contributed by atoms with Crippen molar-refractivity contribution in [2.45, 2.75) is 32.4 Å². The summed E-state index contributed by atoms with van der Waals surface area (Å²) in [6.07, 6.45) is 3.47. The number of hydrogen-bond donors (Lipinski definition) is 2. The first-order valence-electron chi connectivity index (χ1n) is 6.29. The molecule has 0 spiro atoms. The molecule has 0 aromatic carbocycles. The zero-order chi connectivity index (χ0) is 12.8. The molecular formula is C12H21Cl2N3OS2. The van der Waals surface area contributed by atoms with Crippen molar-refractivity contribution in [1.29, 1.82) is 0 Å². The topological polar surface area (TPSA) is 54.0 Å². The van der Waals surface area contributed by atoms with Crippen molar-refractivity contribution in [2.24, 2.45) is 0 Å². The Balaban J connectivity index is 0.00000180. The normalized spacial score (nSPS) is 17.8. The Morgan fingerprint density at radius 1 is 1.55 bits per heavy atom. The Morgan fingerprint density at radius 3 is 2.95 bits per heavy atom. The summed E-state index contributed by atoms with van der Waals surface area (Å²) in [5.74, 6) is 2.30. The molecule has 8 heteroatoms. The largest absolute Gasteiger partial charge is 0.350 e. The molecule has 1 fully saturated rings. The van der Waals surface area contributed by atoms with Crippen LogP contribution in [0.2, 0.25) is 0 Å². The third-order valence-electron chi connectivity index (χ3n) is 2.82. The molecule has 0 radical (unpaired) electrons. The molecule has 1 saturated heterocycles. The maximum Gasteiger partial charge on any atom is 0.221 e. The Hall–Kier alpha value is -0.0100. The lowest BCUT2D eigenvalue weighted by Gasteiger charge is -2.22. The predicted octanol–water partition coefficient (Wildman–Crippen LogP) is 2.26. The zero-order valence-electron chi connectivity index (χ0n) is 11.4. The standard InChI is InChI=1S/C12H19N3OS2.2ClH/c1-2-10-6-15-12(18-10)7-14-11(16)5-9-8-17-4-3-13-9;;/h6,9,13H,2-5,7-8H2,1H3,(H,14,16);2*1H. The van der Waals surface area contributed by atoms with Gasteiger partial charge in [0.2, 0.25) is 5.91 Å². The molecule has 1 aromatic rings. The maximum absolute atomic E-state index is 11.8. The number of aryl methyl sites for hydroxylation is 1. The van der Waals surface area contributed by atoms with E-state index in [2.05, 4.69) is 22.5 Å².